The van der Waals surface area contributed by atoms with Crippen LogP contribution >= 0.6 is 0 Å². The first kappa shape index (κ1) is 14.2. The number of nitrogens with one attached hydrogen (secondary N) is 1. The van der Waals surface area contributed by atoms with E-state index in [9.17, 15) is 4.79 Å². The van der Waals surface area contributed by atoms with Crippen LogP contribution in [0.15, 0.2) is 18.2 Å². The molecule has 21 heavy (non-hydrogen) atoms. The summed E-state index contributed by atoms with van der Waals surface area (Å²) in [4.78, 5) is 14.3. The third-order valence-electron chi connectivity index (χ3n) is 4.06. The zero-order valence-corrected chi connectivity index (χ0v) is 12.0. The molecule has 0 spiro atoms. The van der Waals surface area contributed by atoms with E-state index in [1.807, 2.05) is 12.1 Å². The van der Waals surface area contributed by atoms with Crippen LogP contribution in [0.4, 0.5) is 5.69 Å². The van der Waals surface area contributed by atoms with E-state index in [1.165, 1.54) is 0 Å². The number of hydrogen-bond acceptors (Lipinski definition) is 5. The Labute approximate surface area is 124 Å². The zero-order chi connectivity index (χ0) is 14.7. The number of carbonyl (C=O) groups is 1. The molecule has 0 atom stereocenters. The van der Waals surface area contributed by atoms with Gasteiger partial charge in [-0.15, -0.1) is 0 Å². The Kier molecular flexibility index (Phi) is 4.26. The number of nitrogens with zero attached hydrogens (tertiary/aromatic N) is 1. The molecule has 0 unspecified atom stereocenters. The van der Waals surface area contributed by atoms with Gasteiger partial charge in [-0.05, 0) is 50.5 Å². The molecule has 2 heterocycles. The van der Waals surface area contributed by atoms with E-state index in [-0.39, 0.29) is 12.7 Å². The van der Waals surface area contributed by atoms with Crippen molar-refractivity contribution in [1.82, 2.24) is 4.90 Å². The van der Waals surface area contributed by atoms with Crippen LogP contribution in [0.1, 0.15) is 12.8 Å². The lowest BCUT2D eigenvalue weighted by molar-refractivity contribution is -0.117. The van der Waals surface area contributed by atoms with Gasteiger partial charge in [0.25, 0.3) is 0 Å². The lowest BCUT2D eigenvalue weighted by atomic mass is 9.97. The molecule has 1 fully saturated rings. The minimum Gasteiger partial charge on any atom is -0.454 e. The fourth-order valence-electron chi connectivity index (χ4n) is 2.76. The first-order valence-electron chi connectivity index (χ1n) is 7.36. The molecular weight excluding hydrogens is 270 g/mol. The third-order valence-corrected chi connectivity index (χ3v) is 4.06. The number of likely N-dealkylation sites (tertiary alicyclic amines) is 1. The fourth-order valence-corrected chi connectivity index (χ4v) is 2.76. The van der Waals surface area contributed by atoms with Crippen molar-refractivity contribution in [3.63, 3.8) is 0 Å². The summed E-state index contributed by atoms with van der Waals surface area (Å²) in [5, 5.41) is 2.90. The van der Waals surface area contributed by atoms with Crippen LogP contribution in [0.25, 0.3) is 0 Å². The zero-order valence-electron chi connectivity index (χ0n) is 12.0. The van der Waals surface area contributed by atoms with Crippen molar-refractivity contribution in [2.75, 3.05) is 38.3 Å². The van der Waals surface area contributed by atoms with Gasteiger partial charge in [0.05, 0.1) is 6.54 Å². The van der Waals surface area contributed by atoms with Crippen LogP contribution in [0.5, 0.6) is 11.5 Å². The quantitative estimate of drug-likeness (QED) is 0.866. The number of fused-ring (bicyclic) bond motifs is 1. The minimum absolute atomic E-state index is 0.0000591. The van der Waals surface area contributed by atoms with Gasteiger partial charge in [-0.3, -0.25) is 9.69 Å². The summed E-state index contributed by atoms with van der Waals surface area (Å²) < 4.78 is 10.5. The molecule has 0 aromatic heterocycles. The van der Waals surface area contributed by atoms with Crippen molar-refractivity contribution >= 4 is 11.6 Å². The van der Waals surface area contributed by atoms with Crippen LogP contribution in [0, 0.1) is 5.92 Å². The molecule has 0 aliphatic carbocycles. The van der Waals surface area contributed by atoms with Gasteiger partial charge in [-0.25, -0.2) is 0 Å². The second kappa shape index (κ2) is 6.32. The van der Waals surface area contributed by atoms with Gasteiger partial charge in [-0.2, -0.15) is 0 Å². The molecule has 3 rings (SSSR count). The van der Waals surface area contributed by atoms with E-state index < -0.39 is 0 Å². The summed E-state index contributed by atoms with van der Waals surface area (Å²) in [6.45, 7) is 3.29. The summed E-state index contributed by atoms with van der Waals surface area (Å²) in [7, 11) is 0. The van der Waals surface area contributed by atoms with Crippen LogP contribution in [0.3, 0.4) is 0 Å². The summed E-state index contributed by atoms with van der Waals surface area (Å²) in [5.74, 6) is 2.01. The van der Waals surface area contributed by atoms with Crippen molar-refractivity contribution in [3.8, 4) is 11.5 Å². The van der Waals surface area contributed by atoms with E-state index in [2.05, 4.69) is 10.2 Å². The molecule has 1 saturated heterocycles. The molecule has 3 N–H and O–H groups in total. The maximum absolute atomic E-state index is 12.1. The number of amides is 1. The molecule has 6 nitrogen and oxygen atoms in total. The number of piperidine rings is 1. The summed E-state index contributed by atoms with van der Waals surface area (Å²) in [6, 6.07) is 5.43. The molecule has 0 bridgehead atoms. The van der Waals surface area contributed by atoms with E-state index in [0.717, 1.165) is 43.9 Å². The van der Waals surface area contributed by atoms with Crippen LogP contribution < -0.4 is 20.5 Å². The van der Waals surface area contributed by atoms with Crippen molar-refractivity contribution in [2.24, 2.45) is 11.7 Å². The van der Waals surface area contributed by atoms with Crippen molar-refractivity contribution in [3.05, 3.63) is 18.2 Å². The van der Waals surface area contributed by atoms with Gasteiger partial charge in [-0.1, -0.05) is 0 Å². The monoisotopic (exact) mass is 291 g/mol. The predicted octanol–water partition coefficient (Wildman–Crippen LogP) is 1.02. The predicted molar refractivity (Wildman–Crippen MR) is 79.4 cm³/mol. The Hall–Kier alpha value is -1.79. The molecule has 2 aliphatic heterocycles. The standard InChI is InChI=1S/C15H21N3O3/c16-8-11-3-5-18(6-4-11)9-15(19)17-12-1-2-13-14(7-12)21-10-20-13/h1-2,7,11H,3-6,8-10,16H2,(H,17,19). The van der Waals surface area contributed by atoms with Gasteiger partial charge < -0.3 is 20.5 Å². The molecule has 114 valence electrons. The number of hydrogen-bond donors (Lipinski definition) is 2. The Bertz CT molecular complexity index is 513. The number of carbonyl (C=O) groups excluding carboxylic acids is 1. The Morgan fingerprint density at radius 3 is 2.81 bits per heavy atom. The summed E-state index contributed by atoms with van der Waals surface area (Å²) >= 11 is 0. The lowest BCUT2D eigenvalue weighted by Crippen LogP contribution is -2.40. The van der Waals surface area contributed by atoms with E-state index >= 15 is 0 Å². The molecular formula is C15H21N3O3. The second-order valence-corrected chi connectivity index (χ2v) is 5.57. The van der Waals surface area contributed by atoms with Gasteiger partial charge in [0.1, 0.15) is 0 Å². The first-order valence-corrected chi connectivity index (χ1v) is 7.36. The Morgan fingerprint density at radius 1 is 1.29 bits per heavy atom. The molecule has 1 aromatic rings. The summed E-state index contributed by atoms with van der Waals surface area (Å²) in [6.07, 6.45) is 2.15. The number of ether oxygens (including phenoxy) is 2. The molecule has 2 aliphatic rings. The fraction of sp³-hybridized carbons (Fsp3) is 0.533. The largest absolute Gasteiger partial charge is 0.454 e. The first-order chi connectivity index (χ1) is 10.2. The van der Waals surface area contributed by atoms with Gasteiger partial charge in [0.2, 0.25) is 12.7 Å². The van der Waals surface area contributed by atoms with Crippen LogP contribution in [-0.2, 0) is 4.79 Å². The van der Waals surface area contributed by atoms with Gasteiger partial charge in [0, 0.05) is 11.8 Å². The topological polar surface area (TPSA) is 76.8 Å². The lowest BCUT2D eigenvalue weighted by Gasteiger charge is -2.30. The molecule has 6 heteroatoms. The highest BCUT2D eigenvalue weighted by molar-refractivity contribution is 5.92. The second-order valence-electron chi connectivity index (χ2n) is 5.57. The third kappa shape index (κ3) is 3.46. The van der Waals surface area contributed by atoms with Gasteiger partial charge >= 0.3 is 0 Å². The smallest absolute Gasteiger partial charge is 0.238 e. The minimum atomic E-state index is 0.0000591. The highest BCUT2D eigenvalue weighted by Crippen LogP contribution is 2.34. The Balaban J connectivity index is 1.50. The van der Waals surface area contributed by atoms with Crippen LogP contribution in [0.2, 0.25) is 0 Å². The van der Waals surface area contributed by atoms with Crippen molar-refractivity contribution < 1.29 is 14.3 Å². The maximum atomic E-state index is 12.1. The highest BCUT2D eigenvalue weighted by Gasteiger charge is 2.20. The van der Waals surface area contributed by atoms with Gasteiger partial charge in [0.15, 0.2) is 11.5 Å². The maximum Gasteiger partial charge on any atom is 0.238 e. The van der Waals surface area contributed by atoms with Crippen molar-refractivity contribution in [2.45, 2.75) is 12.8 Å². The van der Waals surface area contributed by atoms with E-state index in [0.29, 0.717) is 18.2 Å². The molecule has 1 amide bonds. The average Bonchev–Trinajstić information content (AvgIpc) is 2.95. The number of rotatable bonds is 4. The highest BCUT2D eigenvalue weighted by atomic mass is 16.7. The molecule has 1 aromatic carbocycles. The normalized spacial score (nSPS) is 18.7. The van der Waals surface area contributed by atoms with Crippen molar-refractivity contribution in [1.29, 1.82) is 0 Å². The van der Waals surface area contributed by atoms with E-state index in [1.54, 1.807) is 6.07 Å². The molecule has 0 saturated carbocycles. The number of nitrogens with two attached hydrogens (primary N) is 1. The number of anilines is 1. The average molecular weight is 291 g/mol. The Morgan fingerprint density at radius 2 is 2.05 bits per heavy atom. The molecule has 0 radical (unpaired) electrons. The SMILES string of the molecule is NCC1CCN(CC(=O)Nc2ccc3c(c2)OCO3)CC1. The van der Waals surface area contributed by atoms with E-state index in [4.69, 9.17) is 15.2 Å². The number of benzene rings is 1. The summed E-state index contributed by atoms with van der Waals surface area (Å²) in [5.41, 5.74) is 6.41. The van der Waals surface area contributed by atoms with Crippen LogP contribution in [-0.4, -0.2) is 43.8 Å².